The highest BCUT2D eigenvalue weighted by Gasteiger charge is 2.16. The van der Waals surface area contributed by atoms with Gasteiger partial charge in [0, 0.05) is 6.54 Å². The number of hydrogen-bond donors (Lipinski definition) is 2. The molecule has 1 fully saturated rings. The summed E-state index contributed by atoms with van der Waals surface area (Å²) in [5.74, 6) is 0.768. The number of nitrogens with zero attached hydrogens (tertiary/aromatic N) is 1. The predicted molar refractivity (Wildman–Crippen MR) is 74.5 cm³/mol. The van der Waals surface area contributed by atoms with Crippen LogP contribution in [0.2, 0.25) is 0 Å². The van der Waals surface area contributed by atoms with Gasteiger partial charge in [-0.2, -0.15) is 0 Å². The van der Waals surface area contributed by atoms with Crippen molar-refractivity contribution in [2.24, 2.45) is 5.92 Å². The third kappa shape index (κ3) is 4.09. The first-order chi connectivity index (χ1) is 8.75. The molecule has 3 heteroatoms. The summed E-state index contributed by atoms with van der Waals surface area (Å²) in [6.45, 7) is 4.08. The van der Waals surface area contributed by atoms with Gasteiger partial charge >= 0.3 is 0 Å². The van der Waals surface area contributed by atoms with E-state index in [4.69, 9.17) is 0 Å². The summed E-state index contributed by atoms with van der Waals surface area (Å²) in [5, 5.41) is 13.4. The van der Waals surface area contributed by atoms with Crippen molar-refractivity contribution in [3.63, 3.8) is 0 Å². The number of likely N-dealkylation sites (tertiary alicyclic amines) is 1. The lowest BCUT2D eigenvalue weighted by Crippen LogP contribution is -2.36. The van der Waals surface area contributed by atoms with Crippen molar-refractivity contribution in [2.45, 2.75) is 18.9 Å². The summed E-state index contributed by atoms with van der Waals surface area (Å²) in [6.07, 6.45) is 2.15. The van der Waals surface area contributed by atoms with Gasteiger partial charge in [-0.15, -0.1) is 0 Å². The molecular formula is C15H24N2O. The Labute approximate surface area is 110 Å². The van der Waals surface area contributed by atoms with E-state index >= 15 is 0 Å². The standard InChI is InChI=1S/C15H24N2O/c1-17-9-7-13(8-10-17)11-16-12-15(18)14-5-3-2-4-6-14/h2-6,13,15-16,18H,7-12H2,1H3. The van der Waals surface area contributed by atoms with Crippen LogP contribution < -0.4 is 5.32 Å². The Bertz CT molecular complexity index is 334. The number of rotatable bonds is 5. The first-order valence-corrected chi connectivity index (χ1v) is 6.88. The molecule has 0 amide bonds. The van der Waals surface area contributed by atoms with Gasteiger partial charge in [0.2, 0.25) is 0 Å². The number of hydrogen-bond acceptors (Lipinski definition) is 3. The molecule has 1 aliphatic rings. The van der Waals surface area contributed by atoms with Gasteiger partial charge in [-0.3, -0.25) is 0 Å². The first kappa shape index (κ1) is 13.5. The molecule has 1 aromatic rings. The lowest BCUT2D eigenvalue weighted by atomic mass is 9.97. The van der Waals surface area contributed by atoms with Crippen LogP contribution >= 0.6 is 0 Å². The van der Waals surface area contributed by atoms with E-state index in [1.54, 1.807) is 0 Å². The second kappa shape index (κ2) is 6.88. The molecule has 3 nitrogen and oxygen atoms in total. The molecule has 1 heterocycles. The third-order valence-corrected chi connectivity index (χ3v) is 3.79. The summed E-state index contributed by atoms with van der Waals surface area (Å²) < 4.78 is 0. The summed E-state index contributed by atoms with van der Waals surface area (Å²) in [6, 6.07) is 9.86. The van der Waals surface area contributed by atoms with E-state index < -0.39 is 6.10 Å². The van der Waals surface area contributed by atoms with Crippen molar-refractivity contribution in [1.29, 1.82) is 0 Å². The Morgan fingerprint density at radius 2 is 1.94 bits per heavy atom. The molecule has 0 spiro atoms. The minimum absolute atomic E-state index is 0.391. The molecule has 0 saturated carbocycles. The number of aliphatic hydroxyl groups excluding tert-OH is 1. The summed E-state index contributed by atoms with van der Waals surface area (Å²) in [4.78, 5) is 2.38. The van der Waals surface area contributed by atoms with Crippen molar-refractivity contribution in [3.05, 3.63) is 35.9 Å². The van der Waals surface area contributed by atoms with Crippen LogP contribution in [0.1, 0.15) is 24.5 Å². The summed E-state index contributed by atoms with van der Waals surface area (Å²) in [7, 11) is 2.18. The fourth-order valence-corrected chi connectivity index (χ4v) is 2.48. The van der Waals surface area contributed by atoms with Gasteiger partial charge in [-0.05, 0) is 51.0 Å². The van der Waals surface area contributed by atoms with Gasteiger partial charge in [0.15, 0.2) is 0 Å². The van der Waals surface area contributed by atoms with E-state index in [0.717, 1.165) is 18.0 Å². The van der Waals surface area contributed by atoms with Crippen LogP contribution in [0.25, 0.3) is 0 Å². The molecule has 1 atom stereocenters. The second-order valence-corrected chi connectivity index (χ2v) is 5.33. The van der Waals surface area contributed by atoms with E-state index in [9.17, 15) is 5.11 Å². The molecule has 0 radical (unpaired) electrons. The van der Waals surface area contributed by atoms with Gasteiger partial charge in [0.05, 0.1) is 6.10 Å². The van der Waals surface area contributed by atoms with Crippen molar-refractivity contribution >= 4 is 0 Å². The Kier molecular flexibility index (Phi) is 5.17. The normalized spacial score (nSPS) is 19.9. The SMILES string of the molecule is CN1CCC(CNCC(O)c2ccccc2)CC1. The molecule has 2 N–H and O–H groups in total. The van der Waals surface area contributed by atoms with E-state index in [1.807, 2.05) is 30.3 Å². The number of benzene rings is 1. The highest BCUT2D eigenvalue weighted by atomic mass is 16.3. The van der Waals surface area contributed by atoms with Crippen molar-refractivity contribution < 1.29 is 5.11 Å². The zero-order chi connectivity index (χ0) is 12.8. The molecule has 1 aromatic carbocycles. The minimum atomic E-state index is -0.391. The third-order valence-electron chi connectivity index (χ3n) is 3.79. The number of piperidine rings is 1. The fourth-order valence-electron chi connectivity index (χ4n) is 2.48. The molecule has 0 bridgehead atoms. The van der Waals surface area contributed by atoms with Crippen LogP contribution in [0, 0.1) is 5.92 Å². The van der Waals surface area contributed by atoms with E-state index in [0.29, 0.717) is 6.54 Å². The largest absolute Gasteiger partial charge is 0.387 e. The van der Waals surface area contributed by atoms with Crippen LogP contribution in [0.3, 0.4) is 0 Å². The minimum Gasteiger partial charge on any atom is -0.387 e. The van der Waals surface area contributed by atoms with Crippen LogP contribution in [-0.4, -0.2) is 43.2 Å². The van der Waals surface area contributed by atoms with Crippen molar-refractivity contribution in [1.82, 2.24) is 10.2 Å². The van der Waals surface area contributed by atoms with Gasteiger partial charge in [-0.1, -0.05) is 30.3 Å². The molecule has 100 valence electrons. The second-order valence-electron chi connectivity index (χ2n) is 5.33. The average molecular weight is 248 g/mol. The highest BCUT2D eigenvalue weighted by molar-refractivity contribution is 5.17. The smallest absolute Gasteiger partial charge is 0.0914 e. The lowest BCUT2D eigenvalue weighted by Gasteiger charge is -2.29. The molecule has 0 aliphatic carbocycles. The molecule has 1 unspecified atom stereocenters. The van der Waals surface area contributed by atoms with Gasteiger partial charge in [0.1, 0.15) is 0 Å². The molecule has 1 saturated heterocycles. The maximum absolute atomic E-state index is 10.0. The van der Waals surface area contributed by atoms with Crippen LogP contribution in [0.4, 0.5) is 0 Å². The van der Waals surface area contributed by atoms with Crippen LogP contribution in [0.15, 0.2) is 30.3 Å². The molecule has 18 heavy (non-hydrogen) atoms. The monoisotopic (exact) mass is 248 g/mol. The maximum atomic E-state index is 10.0. The zero-order valence-corrected chi connectivity index (χ0v) is 11.2. The van der Waals surface area contributed by atoms with E-state index in [2.05, 4.69) is 17.3 Å². The molecule has 2 rings (SSSR count). The van der Waals surface area contributed by atoms with Crippen molar-refractivity contribution in [2.75, 3.05) is 33.2 Å². The van der Waals surface area contributed by atoms with E-state index in [-0.39, 0.29) is 0 Å². The quantitative estimate of drug-likeness (QED) is 0.832. The fraction of sp³-hybridized carbons (Fsp3) is 0.600. The van der Waals surface area contributed by atoms with Crippen LogP contribution in [0.5, 0.6) is 0 Å². The highest BCUT2D eigenvalue weighted by Crippen LogP contribution is 2.15. The topological polar surface area (TPSA) is 35.5 Å². The Morgan fingerprint density at radius 3 is 2.61 bits per heavy atom. The lowest BCUT2D eigenvalue weighted by molar-refractivity contribution is 0.165. The molecule has 1 aliphatic heterocycles. The maximum Gasteiger partial charge on any atom is 0.0914 e. The van der Waals surface area contributed by atoms with E-state index in [1.165, 1.54) is 25.9 Å². The Balaban J connectivity index is 1.66. The van der Waals surface area contributed by atoms with Crippen molar-refractivity contribution in [3.8, 4) is 0 Å². The zero-order valence-electron chi connectivity index (χ0n) is 11.2. The van der Waals surface area contributed by atoms with Gasteiger partial charge < -0.3 is 15.3 Å². The van der Waals surface area contributed by atoms with Crippen LogP contribution in [-0.2, 0) is 0 Å². The summed E-state index contributed by atoms with van der Waals surface area (Å²) >= 11 is 0. The average Bonchev–Trinajstić information content (AvgIpc) is 2.42. The molecular weight excluding hydrogens is 224 g/mol. The Hall–Kier alpha value is -0.900. The number of aliphatic hydroxyl groups is 1. The predicted octanol–water partition coefficient (Wildman–Crippen LogP) is 1.65. The molecule has 0 aromatic heterocycles. The van der Waals surface area contributed by atoms with Gasteiger partial charge in [-0.25, -0.2) is 0 Å². The Morgan fingerprint density at radius 1 is 1.28 bits per heavy atom. The van der Waals surface area contributed by atoms with Gasteiger partial charge in [0.25, 0.3) is 0 Å². The first-order valence-electron chi connectivity index (χ1n) is 6.88. The summed E-state index contributed by atoms with van der Waals surface area (Å²) in [5.41, 5.74) is 0.994. The number of nitrogens with one attached hydrogen (secondary N) is 1.